The summed E-state index contributed by atoms with van der Waals surface area (Å²) in [5, 5.41) is 0. The monoisotopic (exact) mass is 411 g/mol. The molecular weight excluding hydrogens is 390 g/mol. The molecule has 2 heterocycles. The lowest BCUT2D eigenvalue weighted by Crippen LogP contribution is -2.41. The highest BCUT2D eigenvalue weighted by atomic mass is 19.4. The van der Waals surface area contributed by atoms with Gasteiger partial charge >= 0.3 is 13.5 Å². The van der Waals surface area contributed by atoms with Crippen LogP contribution in [0, 0.1) is 0 Å². The first-order valence-electron chi connectivity index (χ1n) is 8.83. The average molecular weight is 411 g/mol. The van der Waals surface area contributed by atoms with Gasteiger partial charge in [-0.15, -0.1) is 13.2 Å². The minimum absolute atomic E-state index is 0.150. The molecule has 1 saturated heterocycles. The third-order valence-corrected chi connectivity index (χ3v) is 4.86. The fraction of sp³-hybridized carbons (Fsp3) is 0.421. The van der Waals surface area contributed by atoms with Crippen LogP contribution in [0.4, 0.5) is 13.2 Å². The lowest BCUT2D eigenvalue weighted by Gasteiger charge is -2.32. The molecule has 1 aliphatic rings. The predicted octanol–water partition coefficient (Wildman–Crippen LogP) is 4.08. The fourth-order valence-corrected chi connectivity index (χ4v) is 2.60. The second-order valence-corrected chi connectivity index (χ2v) is 7.49. The Bertz CT molecular complexity index is 855. The number of benzene rings is 1. The first kappa shape index (κ1) is 21.3. The van der Waals surface area contributed by atoms with Gasteiger partial charge in [0.25, 0.3) is 5.88 Å². The van der Waals surface area contributed by atoms with Crippen LogP contribution in [0.1, 0.15) is 27.7 Å². The summed E-state index contributed by atoms with van der Waals surface area (Å²) in [6.07, 6.45) is -3.21. The van der Waals surface area contributed by atoms with E-state index in [0.717, 1.165) is 12.1 Å². The number of hydrogen-bond acceptors (Lipinski definition) is 6. The maximum Gasteiger partial charge on any atom is 0.573 e. The van der Waals surface area contributed by atoms with E-state index in [1.165, 1.54) is 19.2 Å². The number of methoxy groups -OCH3 is 1. The van der Waals surface area contributed by atoms with Gasteiger partial charge in [0.2, 0.25) is 0 Å². The van der Waals surface area contributed by atoms with Crippen molar-refractivity contribution in [3.8, 4) is 23.1 Å². The zero-order valence-corrected chi connectivity index (χ0v) is 16.7. The number of ether oxygens (including phenoxy) is 3. The van der Waals surface area contributed by atoms with Gasteiger partial charge in [-0.3, -0.25) is 0 Å². The van der Waals surface area contributed by atoms with Crippen LogP contribution in [0.25, 0.3) is 0 Å². The fourth-order valence-electron chi connectivity index (χ4n) is 2.60. The summed E-state index contributed by atoms with van der Waals surface area (Å²) in [6.45, 7) is 7.78. The molecule has 1 aromatic carbocycles. The van der Waals surface area contributed by atoms with E-state index in [-0.39, 0.29) is 17.4 Å². The number of hydrogen-bond donors (Lipinski definition) is 0. The van der Waals surface area contributed by atoms with Crippen molar-refractivity contribution in [3.63, 3.8) is 0 Å². The van der Waals surface area contributed by atoms with Crippen molar-refractivity contribution >= 4 is 12.6 Å². The molecule has 0 radical (unpaired) electrons. The number of alkyl halides is 3. The molecule has 1 fully saturated rings. The largest absolute Gasteiger partial charge is 0.573 e. The second kappa shape index (κ2) is 7.42. The van der Waals surface area contributed by atoms with Crippen molar-refractivity contribution in [2.75, 3.05) is 7.11 Å². The number of nitrogens with zero attached hydrogens (tertiary/aromatic N) is 1. The Morgan fingerprint density at radius 2 is 1.52 bits per heavy atom. The van der Waals surface area contributed by atoms with Crippen LogP contribution in [-0.4, -0.2) is 36.8 Å². The normalized spacial score (nSPS) is 17.9. The van der Waals surface area contributed by atoms with Crippen molar-refractivity contribution in [2.24, 2.45) is 0 Å². The van der Waals surface area contributed by atoms with E-state index < -0.39 is 24.7 Å². The number of rotatable bonds is 5. The van der Waals surface area contributed by atoms with Crippen LogP contribution >= 0.6 is 0 Å². The molecule has 0 atom stereocenters. The Morgan fingerprint density at radius 3 is 2.03 bits per heavy atom. The van der Waals surface area contributed by atoms with Gasteiger partial charge in [-0.05, 0) is 58.0 Å². The Labute approximate surface area is 167 Å². The molecule has 0 amide bonds. The summed E-state index contributed by atoms with van der Waals surface area (Å²) < 4.78 is 63.5. The molecule has 10 heteroatoms. The van der Waals surface area contributed by atoms with E-state index in [9.17, 15) is 13.2 Å². The van der Waals surface area contributed by atoms with Gasteiger partial charge in [-0.25, -0.2) is 4.98 Å². The summed E-state index contributed by atoms with van der Waals surface area (Å²) in [4.78, 5) is 4.25. The van der Waals surface area contributed by atoms with Crippen molar-refractivity contribution in [2.45, 2.75) is 45.3 Å². The van der Waals surface area contributed by atoms with Gasteiger partial charge in [0, 0.05) is 11.7 Å². The van der Waals surface area contributed by atoms with Gasteiger partial charge in [-0.2, -0.15) is 0 Å². The Hall–Kier alpha value is -2.46. The van der Waals surface area contributed by atoms with Gasteiger partial charge in [-0.1, -0.05) is 0 Å². The number of halogens is 3. The number of pyridine rings is 1. The molecule has 0 bridgehead atoms. The zero-order valence-electron chi connectivity index (χ0n) is 16.7. The summed E-state index contributed by atoms with van der Waals surface area (Å²) in [6, 6.07) is 6.66. The summed E-state index contributed by atoms with van der Waals surface area (Å²) >= 11 is 0. The lowest BCUT2D eigenvalue weighted by molar-refractivity contribution is -0.274. The van der Waals surface area contributed by atoms with Crippen molar-refractivity contribution in [3.05, 3.63) is 36.5 Å². The second-order valence-electron chi connectivity index (χ2n) is 7.49. The smallest absolute Gasteiger partial charge is 0.491 e. The maximum atomic E-state index is 12.2. The quantitative estimate of drug-likeness (QED) is 0.692. The third-order valence-electron chi connectivity index (χ3n) is 4.86. The highest BCUT2D eigenvalue weighted by molar-refractivity contribution is 6.62. The summed E-state index contributed by atoms with van der Waals surface area (Å²) in [7, 11) is 0.840. The van der Waals surface area contributed by atoms with Crippen molar-refractivity contribution < 1.29 is 36.7 Å². The zero-order chi connectivity index (χ0) is 21.4. The Kier molecular flexibility index (Phi) is 5.44. The molecule has 0 saturated carbocycles. The van der Waals surface area contributed by atoms with Crippen LogP contribution in [0.15, 0.2) is 36.5 Å². The Morgan fingerprint density at radius 1 is 0.966 bits per heavy atom. The van der Waals surface area contributed by atoms with Gasteiger partial charge in [0.15, 0.2) is 5.75 Å². The lowest BCUT2D eigenvalue weighted by atomic mass is 9.80. The van der Waals surface area contributed by atoms with E-state index in [2.05, 4.69) is 9.72 Å². The van der Waals surface area contributed by atoms with E-state index in [1.54, 1.807) is 12.3 Å². The molecule has 0 spiro atoms. The topological polar surface area (TPSA) is 59.0 Å². The van der Waals surface area contributed by atoms with Gasteiger partial charge in [0.05, 0.1) is 18.3 Å². The minimum Gasteiger partial charge on any atom is -0.491 e. The summed E-state index contributed by atoms with van der Waals surface area (Å²) in [5.41, 5.74) is -0.345. The van der Waals surface area contributed by atoms with Crippen molar-refractivity contribution in [1.29, 1.82) is 0 Å². The molecule has 1 aromatic heterocycles. The molecule has 0 aliphatic carbocycles. The average Bonchev–Trinajstić information content (AvgIpc) is 2.83. The minimum atomic E-state index is -4.75. The van der Waals surface area contributed by atoms with E-state index >= 15 is 0 Å². The highest BCUT2D eigenvalue weighted by Gasteiger charge is 2.52. The summed E-state index contributed by atoms with van der Waals surface area (Å²) in [5.74, 6) is 0.402. The van der Waals surface area contributed by atoms with Gasteiger partial charge < -0.3 is 23.5 Å². The molecule has 2 aromatic rings. The predicted molar refractivity (Wildman–Crippen MR) is 99.7 cm³/mol. The molecule has 6 nitrogen and oxygen atoms in total. The first-order valence-corrected chi connectivity index (χ1v) is 8.83. The molecule has 0 N–H and O–H groups in total. The van der Waals surface area contributed by atoms with E-state index in [4.69, 9.17) is 18.8 Å². The number of aromatic nitrogens is 1. The van der Waals surface area contributed by atoms with Crippen LogP contribution in [0.3, 0.4) is 0 Å². The van der Waals surface area contributed by atoms with E-state index in [0.29, 0.717) is 11.2 Å². The van der Waals surface area contributed by atoms with Crippen LogP contribution in [0.2, 0.25) is 0 Å². The standard InChI is InChI=1S/C19H21BF3NO5/c1-17(2)18(3,4)29-20(28-17)12-10-15(25-5)16(24-11-12)26-13-6-8-14(9-7-13)27-19(21,22)23/h6-11H,1-5H3. The highest BCUT2D eigenvalue weighted by Crippen LogP contribution is 2.37. The molecule has 156 valence electrons. The molecule has 0 unspecified atom stereocenters. The van der Waals surface area contributed by atoms with Crippen LogP contribution in [0.5, 0.6) is 23.1 Å². The molecule has 29 heavy (non-hydrogen) atoms. The van der Waals surface area contributed by atoms with Crippen molar-refractivity contribution in [1.82, 2.24) is 4.98 Å². The SMILES string of the molecule is COc1cc(B2OC(C)(C)C(C)(C)O2)cnc1Oc1ccc(OC(F)(F)F)cc1. The Balaban J connectivity index is 1.76. The van der Waals surface area contributed by atoms with Gasteiger partial charge in [0.1, 0.15) is 11.5 Å². The first-order chi connectivity index (χ1) is 13.4. The van der Waals surface area contributed by atoms with E-state index in [1.807, 2.05) is 27.7 Å². The molecule has 3 rings (SSSR count). The molecular formula is C19H21BF3NO5. The third kappa shape index (κ3) is 4.76. The van der Waals surface area contributed by atoms with Crippen LogP contribution < -0.4 is 19.7 Å². The van der Waals surface area contributed by atoms with Crippen LogP contribution in [-0.2, 0) is 9.31 Å². The molecule has 1 aliphatic heterocycles. The maximum absolute atomic E-state index is 12.2.